The summed E-state index contributed by atoms with van der Waals surface area (Å²) in [6.45, 7) is 7.56. The molecule has 2 aliphatic rings. The summed E-state index contributed by atoms with van der Waals surface area (Å²) in [5.41, 5.74) is 0. The average molecular weight is 153 g/mol. The summed E-state index contributed by atoms with van der Waals surface area (Å²) in [5.74, 6) is 1.93. The molecule has 1 heteroatoms. The van der Waals surface area contributed by atoms with Gasteiger partial charge in [-0.15, -0.1) is 0 Å². The van der Waals surface area contributed by atoms with Gasteiger partial charge in [0.2, 0.25) is 0 Å². The maximum Gasteiger partial charge on any atom is 0.0124 e. The molecule has 0 aliphatic carbocycles. The Kier molecular flexibility index (Phi) is 1.92. The van der Waals surface area contributed by atoms with Crippen LogP contribution in [-0.4, -0.2) is 24.0 Å². The van der Waals surface area contributed by atoms with E-state index in [1.165, 1.54) is 32.4 Å². The van der Waals surface area contributed by atoms with Crippen LogP contribution < -0.4 is 0 Å². The second-order valence-electron chi connectivity index (χ2n) is 4.52. The highest BCUT2D eigenvalue weighted by Crippen LogP contribution is 2.33. The first-order valence-corrected chi connectivity index (χ1v) is 5.01. The van der Waals surface area contributed by atoms with E-state index in [9.17, 15) is 0 Å². The molecule has 3 atom stereocenters. The van der Waals surface area contributed by atoms with Crippen LogP contribution in [0, 0.1) is 11.8 Å². The van der Waals surface area contributed by atoms with E-state index < -0.39 is 0 Å². The van der Waals surface area contributed by atoms with Crippen LogP contribution in [0.25, 0.3) is 0 Å². The molecule has 1 nitrogen and oxygen atoms in total. The Balaban J connectivity index is 2.03. The predicted octanol–water partition coefficient (Wildman–Crippen LogP) is 2.13. The summed E-state index contributed by atoms with van der Waals surface area (Å²) in [5, 5.41) is 0. The zero-order valence-corrected chi connectivity index (χ0v) is 7.71. The lowest BCUT2D eigenvalue weighted by molar-refractivity contribution is 0.144. The van der Waals surface area contributed by atoms with E-state index in [1.807, 2.05) is 0 Å². The van der Waals surface area contributed by atoms with Crippen LogP contribution in [0.4, 0.5) is 0 Å². The number of hydrogen-bond acceptors (Lipinski definition) is 1. The second-order valence-corrected chi connectivity index (χ2v) is 4.52. The van der Waals surface area contributed by atoms with Crippen molar-refractivity contribution in [2.45, 2.75) is 39.2 Å². The third-order valence-corrected chi connectivity index (χ3v) is 3.42. The van der Waals surface area contributed by atoms with Gasteiger partial charge in [0.05, 0.1) is 0 Å². The monoisotopic (exact) mass is 153 g/mol. The van der Waals surface area contributed by atoms with Crippen molar-refractivity contribution in [2.75, 3.05) is 13.1 Å². The fraction of sp³-hybridized carbons (Fsp3) is 1.00. The molecule has 0 radical (unpaired) electrons. The Morgan fingerprint density at radius 1 is 1.27 bits per heavy atom. The third kappa shape index (κ3) is 1.31. The van der Waals surface area contributed by atoms with Crippen LogP contribution in [0.3, 0.4) is 0 Å². The minimum atomic E-state index is 0.943. The SMILES string of the molecule is C[C@@H]1C[C@@H]2[C@@H](C)CCCN2C1. The van der Waals surface area contributed by atoms with Crippen molar-refractivity contribution in [1.82, 2.24) is 4.90 Å². The van der Waals surface area contributed by atoms with Crippen LogP contribution in [0.1, 0.15) is 33.1 Å². The normalized spacial score (nSPS) is 45.8. The number of rotatable bonds is 0. The van der Waals surface area contributed by atoms with E-state index in [-0.39, 0.29) is 0 Å². The first-order chi connectivity index (χ1) is 5.27. The molecule has 2 heterocycles. The Labute approximate surface area is 69.8 Å². The van der Waals surface area contributed by atoms with Crippen LogP contribution >= 0.6 is 0 Å². The van der Waals surface area contributed by atoms with E-state index >= 15 is 0 Å². The molecule has 2 saturated heterocycles. The van der Waals surface area contributed by atoms with Gasteiger partial charge in [-0.05, 0) is 37.6 Å². The molecule has 0 unspecified atom stereocenters. The molecular weight excluding hydrogens is 134 g/mol. The Bertz CT molecular complexity index is 144. The molecule has 0 bridgehead atoms. The summed E-state index contributed by atoms with van der Waals surface area (Å²) in [4.78, 5) is 2.71. The molecule has 11 heavy (non-hydrogen) atoms. The molecular formula is C10H19N. The maximum atomic E-state index is 2.71. The van der Waals surface area contributed by atoms with Crippen molar-refractivity contribution < 1.29 is 0 Å². The van der Waals surface area contributed by atoms with Crippen LogP contribution in [0.2, 0.25) is 0 Å². The minimum Gasteiger partial charge on any atom is -0.300 e. The zero-order chi connectivity index (χ0) is 7.84. The van der Waals surface area contributed by atoms with Gasteiger partial charge in [0.15, 0.2) is 0 Å². The van der Waals surface area contributed by atoms with Gasteiger partial charge < -0.3 is 0 Å². The Morgan fingerprint density at radius 3 is 2.82 bits per heavy atom. The molecule has 0 aromatic rings. The minimum absolute atomic E-state index is 0.943. The lowest BCUT2D eigenvalue weighted by atomic mass is 9.90. The summed E-state index contributed by atoms with van der Waals surface area (Å²) in [6, 6.07) is 0.943. The summed E-state index contributed by atoms with van der Waals surface area (Å²) >= 11 is 0. The highest BCUT2D eigenvalue weighted by molar-refractivity contribution is 4.89. The highest BCUT2D eigenvalue weighted by Gasteiger charge is 2.35. The molecule has 0 aromatic heterocycles. The summed E-state index contributed by atoms with van der Waals surface area (Å²) in [7, 11) is 0. The lowest BCUT2D eigenvalue weighted by Crippen LogP contribution is -2.39. The van der Waals surface area contributed by atoms with E-state index in [1.54, 1.807) is 0 Å². The zero-order valence-electron chi connectivity index (χ0n) is 7.71. The maximum absolute atomic E-state index is 2.71. The fourth-order valence-corrected chi connectivity index (χ4v) is 2.83. The topological polar surface area (TPSA) is 3.24 Å². The van der Waals surface area contributed by atoms with Crippen molar-refractivity contribution >= 4 is 0 Å². The third-order valence-electron chi connectivity index (χ3n) is 3.42. The van der Waals surface area contributed by atoms with E-state index in [4.69, 9.17) is 0 Å². The second kappa shape index (κ2) is 2.78. The van der Waals surface area contributed by atoms with Gasteiger partial charge in [-0.2, -0.15) is 0 Å². The van der Waals surface area contributed by atoms with Gasteiger partial charge in [0.25, 0.3) is 0 Å². The van der Waals surface area contributed by atoms with Gasteiger partial charge in [-0.1, -0.05) is 13.8 Å². The molecule has 2 fully saturated rings. The number of hydrogen-bond donors (Lipinski definition) is 0. The van der Waals surface area contributed by atoms with Crippen LogP contribution in [0.5, 0.6) is 0 Å². The molecule has 2 rings (SSSR count). The molecule has 0 N–H and O–H groups in total. The first kappa shape index (κ1) is 7.60. The number of nitrogens with zero attached hydrogens (tertiary/aromatic N) is 1. The van der Waals surface area contributed by atoms with Crippen molar-refractivity contribution in [1.29, 1.82) is 0 Å². The van der Waals surface area contributed by atoms with Gasteiger partial charge in [-0.3, -0.25) is 4.90 Å². The van der Waals surface area contributed by atoms with E-state index in [0.717, 1.165) is 17.9 Å². The molecule has 0 aromatic carbocycles. The summed E-state index contributed by atoms with van der Waals surface area (Å²) < 4.78 is 0. The fourth-order valence-electron chi connectivity index (χ4n) is 2.83. The van der Waals surface area contributed by atoms with Gasteiger partial charge in [0, 0.05) is 12.6 Å². The van der Waals surface area contributed by atoms with Gasteiger partial charge >= 0.3 is 0 Å². The molecule has 0 spiro atoms. The predicted molar refractivity (Wildman–Crippen MR) is 47.5 cm³/mol. The van der Waals surface area contributed by atoms with Crippen molar-refractivity contribution in [3.63, 3.8) is 0 Å². The molecule has 0 saturated carbocycles. The summed E-state index contributed by atoms with van der Waals surface area (Å²) in [6.07, 6.45) is 4.36. The standard InChI is InChI=1S/C10H19N/c1-8-6-10-9(2)4-3-5-11(10)7-8/h8-10H,3-7H2,1-2H3/t8-,9+,10-/m1/s1. The van der Waals surface area contributed by atoms with Crippen LogP contribution in [-0.2, 0) is 0 Å². The number of piperidine rings is 1. The Morgan fingerprint density at radius 2 is 2.09 bits per heavy atom. The first-order valence-electron chi connectivity index (χ1n) is 5.01. The number of fused-ring (bicyclic) bond motifs is 1. The van der Waals surface area contributed by atoms with Crippen molar-refractivity contribution in [3.05, 3.63) is 0 Å². The smallest absolute Gasteiger partial charge is 0.0124 e. The van der Waals surface area contributed by atoms with Crippen molar-refractivity contribution in [2.24, 2.45) is 11.8 Å². The highest BCUT2D eigenvalue weighted by atomic mass is 15.2. The van der Waals surface area contributed by atoms with Crippen molar-refractivity contribution in [3.8, 4) is 0 Å². The molecule has 0 amide bonds. The molecule has 2 aliphatic heterocycles. The van der Waals surface area contributed by atoms with E-state index in [2.05, 4.69) is 18.7 Å². The quantitative estimate of drug-likeness (QED) is 0.515. The van der Waals surface area contributed by atoms with E-state index in [0.29, 0.717) is 0 Å². The largest absolute Gasteiger partial charge is 0.300 e. The van der Waals surface area contributed by atoms with Gasteiger partial charge in [-0.25, -0.2) is 0 Å². The van der Waals surface area contributed by atoms with Gasteiger partial charge in [0.1, 0.15) is 0 Å². The molecule has 64 valence electrons. The lowest BCUT2D eigenvalue weighted by Gasteiger charge is -2.34. The van der Waals surface area contributed by atoms with Crippen LogP contribution in [0.15, 0.2) is 0 Å². The average Bonchev–Trinajstić information content (AvgIpc) is 2.31. The Hall–Kier alpha value is -0.0400.